The zero-order valence-corrected chi connectivity index (χ0v) is 37.9. The van der Waals surface area contributed by atoms with Crippen molar-refractivity contribution in [1.29, 1.82) is 0 Å². The third kappa shape index (κ3) is 14.4. The van der Waals surface area contributed by atoms with Crippen molar-refractivity contribution in [1.82, 2.24) is 0 Å². The van der Waals surface area contributed by atoms with Crippen molar-refractivity contribution in [2.24, 2.45) is 32.5 Å². The van der Waals surface area contributed by atoms with Crippen LogP contribution in [-0.4, -0.2) is 109 Å². The lowest BCUT2D eigenvalue weighted by molar-refractivity contribution is -0.343. The lowest BCUT2D eigenvalue weighted by atomic mass is 9.92. The maximum Gasteiger partial charge on any atom is 0.311 e. The van der Waals surface area contributed by atoms with Crippen molar-refractivity contribution < 1.29 is 76.5 Å². The van der Waals surface area contributed by atoms with Gasteiger partial charge in [-0.05, 0) is 125 Å². The van der Waals surface area contributed by atoms with Crippen LogP contribution < -0.4 is 0 Å². The fraction of sp³-hybridized carbons (Fsp3) is 0.857. The van der Waals surface area contributed by atoms with Gasteiger partial charge in [-0.3, -0.25) is 28.8 Å². The summed E-state index contributed by atoms with van der Waals surface area (Å²) in [6, 6.07) is 0. The predicted molar refractivity (Wildman–Crippen MR) is 207 cm³/mol. The van der Waals surface area contributed by atoms with Crippen molar-refractivity contribution in [2.75, 3.05) is 13.2 Å². The molecule has 334 valence electrons. The molecule has 2 rings (SSSR count). The molecule has 2 aliphatic heterocycles. The molecule has 0 aromatic rings. The van der Waals surface area contributed by atoms with Crippen molar-refractivity contribution in [3.63, 3.8) is 0 Å². The first-order chi connectivity index (χ1) is 25.9. The average molecular weight is 831 g/mol. The summed E-state index contributed by atoms with van der Waals surface area (Å²) in [6.07, 6.45) is -13.5. The fourth-order valence-corrected chi connectivity index (χ4v) is 4.91. The molecule has 9 atom stereocenters. The van der Waals surface area contributed by atoms with Crippen LogP contribution in [-0.2, 0) is 71.4 Å². The van der Waals surface area contributed by atoms with Gasteiger partial charge in [0.25, 0.3) is 0 Å². The molecule has 0 radical (unpaired) electrons. The van der Waals surface area contributed by atoms with E-state index in [2.05, 4.69) is 0 Å². The Kier molecular flexibility index (Phi) is 16.2. The molecular formula is C42H70O16. The van der Waals surface area contributed by atoms with E-state index in [4.69, 9.17) is 42.6 Å². The molecule has 2 aliphatic rings. The van der Waals surface area contributed by atoms with Gasteiger partial charge in [-0.15, -0.1) is 0 Å². The van der Waals surface area contributed by atoms with Crippen molar-refractivity contribution in [3.8, 4) is 0 Å². The van der Waals surface area contributed by atoms with Gasteiger partial charge >= 0.3 is 35.8 Å². The highest BCUT2D eigenvalue weighted by atomic mass is 16.8. The monoisotopic (exact) mass is 830 g/mol. The summed E-state index contributed by atoms with van der Waals surface area (Å²) in [4.78, 5) is 79.9. The normalized spacial score (nSPS) is 27.5. The second-order valence-electron chi connectivity index (χ2n) is 21.3. The van der Waals surface area contributed by atoms with Gasteiger partial charge in [-0.2, -0.15) is 0 Å². The first kappa shape index (κ1) is 50.8. The van der Waals surface area contributed by atoms with Crippen molar-refractivity contribution >= 4 is 35.8 Å². The van der Waals surface area contributed by atoms with Crippen LogP contribution in [0.5, 0.6) is 0 Å². The summed E-state index contributed by atoms with van der Waals surface area (Å²) < 4.78 is 54.0. The van der Waals surface area contributed by atoms with Gasteiger partial charge in [0.2, 0.25) is 0 Å². The number of aliphatic hydroxyl groups excluding tert-OH is 1. The molecule has 16 heteroatoms. The molecule has 0 aromatic heterocycles. The summed E-state index contributed by atoms with van der Waals surface area (Å²) in [5.41, 5.74) is -6.13. The molecule has 2 heterocycles. The fourth-order valence-electron chi connectivity index (χ4n) is 4.91. The van der Waals surface area contributed by atoms with E-state index in [1.807, 2.05) is 0 Å². The number of rotatable bonds is 10. The second kappa shape index (κ2) is 18.5. The Morgan fingerprint density at radius 2 is 0.793 bits per heavy atom. The molecule has 0 unspecified atom stereocenters. The highest BCUT2D eigenvalue weighted by Gasteiger charge is 2.56. The number of hydrogen-bond donors (Lipinski definition) is 1. The molecular weight excluding hydrogens is 760 g/mol. The highest BCUT2D eigenvalue weighted by molar-refractivity contribution is 5.78. The predicted octanol–water partition coefficient (Wildman–Crippen LogP) is 5.21. The van der Waals surface area contributed by atoms with Gasteiger partial charge in [-0.25, -0.2) is 0 Å². The summed E-state index contributed by atoms with van der Waals surface area (Å²) in [7, 11) is 0. The standard InChI is InChI=1S/C42H70O16/c1-37(2,3)31(44)50-20-24-22(19-23(29(43)52-24)55-33(46)39(7,8)9)53-30-28(58-36(49)42(16,17)18)27(57-35(48)41(13,14)15)26(56-34(47)40(10,11)12)25(54-30)21-51-32(45)38(4,5)6/h22-30,43H,19-21H2,1-18H3/t22-,23+,24+,25+,26+,27-,28+,29+,30-/m0/s1. The van der Waals surface area contributed by atoms with E-state index in [1.165, 1.54) is 0 Å². The summed E-state index contributed by atoms with van der Waals surface area (Å²) >= 11 is 0. The second-order valence-corrected chi connectivity index (χ2v) is 21.3. The molecule has 58 heavy (non-hydrogen) atoms. The first-order valence-corrected chi connectivity index (χ1v) is 19.8. The van der Waals surface area contributed by atoms with Crippen LogP contribution in [0.3, 0.4) is 0 Å². The summed E-state index contributed by atoms with van der Waals surface area (Å²) in [6.45, 7) is 28.3. The van der Waals surface area contributed by atoms with Crippen molar-refractivity contribution in [3.05, 3.63) is 0 Å². The van der Waals surface area contributed by atoms with Crippen LogP contribution in [0.4, 0.5) is 0 Å². The van der Waals surface area contributed by atoms with Gasteiger partial charge < -0.3 is 47.7 Å². The molecule has 2 fully saturated rings. The van der Waals surface area contributed by atoms with Crippen LogP contribution in [0.2, 0.25) is 0 Å². The van der Waals surface area contributed by atoms with E-state index < -0.39 is 137 Å². The van der Waals surface area contributed by atoms with Gasteiger partial charge in [0.1, 0.15) is 25.4 Å². The quantitative estimate of drug-likeness (QED) is 0.221. The zero-order chi connectivity index (χ0) is 45.1. The Morgan fingerprint density at radius 1 is 0.448 bits per heavy atom. The molecule has 0 aromatic carbocycles. The van der Waals surface area contributed by atoms with E-state index in [0.29, 0.717) is 0 Å². The van der Waals surface area contributed by atoms with Crippen LogP contribution >= 0.6 is 0 Å². The lowest BCUT2D eigenvalue weighted by Crippen LogP contribution is -2.65. The Hall–Kier alpha value is -3.34. The minimum absolute atomic E-state index is 0.237. The Balaban J connectivity index is 2.84. The van der Waals surface area contributed by atoms with E-state index in [0.717, 1.165) is 0 Å². The molecule has 0 bridgehead atoms. The van der Waals surface area contributed by atoms with Gasteiger partial charge in [0, 0.05) is 6.42 Å². The number of esters is 6. The first-order valence-electron chi connectivity index (χ1n) is 19.8. The molecule has 1 N–H and O–H groups in total. The van der Waals surface area contributed by atoms with Crippen LogP contribution in [0.25, 0.3) is 0 Å². The SMILES string of the molecule is CC(C)(C)C(=O)OC[C@H]1O[C@H](O[C@H]2C[C@@H](OC(=O)C(C)(C)C)[C@H](O)O[C@@H]2COC(=O)C(C)(C)C)[C@H](OC(=O)C(C)(C)C)[C@@H](OC(=O)C(C)(C)C)[C@@H]1OC(=O)C(C)(C)C. The Labute approximate surface area is 343 Å². The van der Waals surface area contributed by atoms with Crippen LogP contribution in [0, 0.1) is 32.5 Å². The third-order valence-electron chi connectivity index (χ3n) is 8.83. The van der Waals surface area contributed by atoms with E-state index in [9.17, 15) is 33.9 Å². The third-order valence-corrected chi connectivity index (χ3v) is 8.83. The molecule has 0 aliphatic carbocycles. The minimum Gasteiger partial charge on any atom is -0.462 e. The topological polar surface area (TPSA) is 206 Å². The number of aliphatic hydroxyl groups is 1. The zero-order valence-electron chi connectivity index (χ0n) is 37.9. The largest absolute Gasteiger partial charge is 0.462 e. The number of carbonyl (C=O) groups is 6. The van der Waals surface area contributed by atoms with Gasteiger partial charge in [0.15, 0.2) is 37.0 Å². The van der Waals surface area contributed by atoms with Crippen LogP contribution in [0.15, 0.2) is 0 Å². The lowest BCUT2D eigenvalue weighted by Gasteiger charge is -2.47. The van der Waals surface area contributed by atoms with E-state index in [1.54, 1.807) is 125 Å². The maximum absolute atomic E-state index is 13.7. The maximum atomic E-state index is 13.7. The smallest absolute Gasteiger partial charge is 0.311 e. The van der Waals surface area contributed by atoms with E-state index in [-0.39, 0.29) is 6.42 Å². The van der Waals surface area contributed by atoms with E-state index >= 15 is 0 Å². The molecule has 16 nitrogen and oxygen atoms in total. The molecule has 0 saturated carbocycles. The number of hydrogen-bond acceptors (Lipinski definition) is 16. The van der Waals surface area contributed by atoms with Crippen molar-refractivity contribution in [2.45, 2.75) is 186 Å². The Morgan fingerprint density at radius 3 is 1.19 bits per heavy atom. The molecule has 2 saturated heterocycles. The summed E-state index contributed by atoms with van der Waals surface area (Å²) in [5, 5.41) is 11.0. The minimum atomic E-state index is -1.68. The Bertz CT molecular complexity index is 1480. The van der Waals surface area contributed by atoms with Gasteiger partial charge in [-0.1, -0.05) is 0 Å². The average Bonchev–Trinajstić information content (AvgIpc) is 3.03. The summed E-state index contributed by atoms with van der Waals surface area (Å²) in [5.74, 6) is -4.13. The molecule has 0 spiro atoms. The highest BCUT2D eigenvalue weighted by Crippen LogP contribution is 2.37. The molecule has 0 amide bonds. The number of ether oxygens (including phenoxy) is 9. The van der Waals surface area contributed by atoms with Crippen LogP contribution in [0.1, 0.15) is 131 Å². The number of carbonyl (C=O) groups excluding carboxylic acids is 6. The van der Waals surface area contributed by atoms with Gasteiger partial charge in [0.05, 0.1) is 38.6 Å².